The van der Waals surface area contributed by atoms with Crippen LogP contribution in [0.2, 0.25) is 0 Å². The highest BCUT2D eigenvalue weighted by Crippen LogP contribution is 2.06. The first kappa shape index (κ1) is 9.64. The van der Waals surface area contributed by atoms with Gasteiger partial charge in [-0.15, -0.1) is 0 Å². The fourth-order valence-electron chi connectivity index (χ4n) is 0.734. The number of ether oxygens (including phenoxy) is 1. The Balaban J connectivity index is 2.43. The molecule has 0 radical (unpaired) electrons. The van der Waals surface area contributed by atoms with Crippen molar-refractivity contribution in [2.45, 2.75) is 26.4 Å². The Bertz CT molecular complexity index is 272. The Hall–Kier alpha value is -1.45. The summed E-state index contributed by atoms with van der Waals surface area (Å²) in [6, 6.07) is 3.51. The first-order valence-corrected chi connectivity index (χ1v) is 4.02. The second kappa shape index (κ2) is 3.51. The number of hydrogen-bond acceptors (Lipinski definition) is 3. The molecule has 0 aliphatic heterocycles. The maximum absolute atomic E-state index is 11.1. The van der Waals surface area contributed by atoms with Crippen molar-refractivity contribution in [3.8, 4) is 0 Å². The van der Waals surface area contributed by atoms with E-state index in [-0.39, 0.29) is 0 Å². The van der Waals surface area contributed by atoms with Crippen molar-refractivity contribution in [2.75, 3.05) is 0 Å². The summed E-state index contributed by atoms with van der Waals surface area (Å²) in [5.74, 6) is 0. The molecule has 0 aliphatic carbocycles. The molecule has 0 aromatic carbocycles. The molecule has 0 fully saturated rings. The summed E-state index contributed by atoms with van der Waals surface area (Å²) in [4.78, 5) is 15.8. The maximum atomic E-state index is 11.1. The van der Waals surface area contributed by atoms with E-state index in [0.29, 0.717) is 0 Å². The third-order valence-corrected chi connectivity index (χ3v) is 1.15. The van der Waals surface area contributed by atoms with Gasteiger partial charge in [-0.3, -0.25) is 0 Å². The highest BCUT2D eigenvalue weighted by atomic mass is 16.8. The lowest BCUT2D eigenvalue weighted by Gasteiger charge is -2.18. The molecule has 0 bridgehead atoms. The predicted octanol–water partition coefficient (Wildman–Crippen LogP) is 1.85. The monoisotopic (exact) mass is 183 g/mol. The molecule has 0 atom stereocenters. The second-order valence-corrected chi connectivity index (χ2v) is 3.60. The summed E-state index contributed by atoms with van der Waals surface area (Å²) in [6.07, 6.45) is 2.53. The van der Waals surface area contributed by atoms with Gasteiger partial charge in [0.15, 0.2) is 0 Å². The van der Waals surface area contributed by atoms with Crippen LogP contribution in [0.15, 0.2) is 24.5 Å². The molecule has 0 unspecified atom stereocenters. The molecule has 1 aromatic heterocycles. The average molecular weight is 183 g/mol. The number of rotatable bonds is 1. The van der Waals surface area contributed by atoms with Gasteiger partial charge in [0, 0.05) is 12.4 Å². The van der Waals surface area contributed by atoms with Crippen molar-refractivity contribution < 1.29 is 14.4 Å². The van der Waals surface area contributed by atoms with Crippen LogP contribution in [0.4, 0.5) is 4.79 Å². The summed E-state index contributed by atoms with van der Waals surface area (Å²) >= 11 is 0. The van der Waals surface area contributed by atoms with E-state index in [1.807, 2.05) is 0 Å². The maximum Gasteiger partial charge on any atom is 0.534 e. The highest BCUT2D eigenvalue weighted by molar-refractivity contribution is 5.60. The Labute approximate surface area is 77.0 Å². The van der Waals surface area contributed by atoms with Gasteiger partial charge in [0.2, 0.25) is 0 Å². The molecule has 4 nitrogen and oxygen atoms in total. The second-order valence-electron chi connectivity index (χ2n) is 3.60. The smallest absolute Gasteiger partial charge is 0.427 e. The zero-order valence-electron chi connectivity index (χ0n) is 7.98. The molecular formula is C9H13NO3. The molecular weight excluding hydrogens is 170 g/mol. The van der Waals surface area contributed by atoms with Crippen LogP contribution in [-0.2, 0) is 4.74 Å². The van der Waals surface area contributed by atoms with E-state index >= 15 is 0 Å². The fourth-order valence-corrected chi connectivity index (χ4v) is 0.734. The van der Waals surface area contributed by atoms with Gasteiger partial charge in [-0.1, -0.05) is 0 Å². The predicted molar refractivity (Wildman–Crippen MR) is 47.2 cm³/mol. The Kier molecular flexibility index (Phi) is 2.60. The van der Waals surface area contributed by atoms with Gasteiger partial charge in [0.25, 0.3) is 0 Å². The van der Waals surface area contributed by atoms with E-state index in [2.05, 4.69) is 0 Å². The molecule has 0 saturated heterocycles. The van der Waals surface area contributed by atoms with E-state index in [9.17, 15) is 4.79 Å². The van der Waals surface area contributed by atoms with Crippen LogP contribution in [0, 0.1) is 0 Å². The number of carbonyl (C=O) groups excluding carboxylic acids is 1. The molecule has 0 N–H and O–H groups in total. The Morgan fingerprint density at radius 3 is 2.23 bits per heavy atom. The minimum Gasteiger partial charge on any atom is -0.427 e. The lowest BCUT2D eigenvalue weighted by molar-refractivity contribution is -0.0107. The number of hydrogen-bond donors (Lipinski definition) is 0. The molecule has 0 spiro atoms. The van der Waals surface area contributed by atoms with Crippen LogP contribution in [0.1, 0.15) is 20.8 Å². The quantitative estimate of drug-likeness (QED) is 0.624. The lowest BCUT2D eigenvalue weighted by Crippen LogP contribution is -2.29. The summed E-state index contributed by atoms with van der Waals surface area (Å²) < 4.78 is 6.21. The van der Waals surface area contributed by atoms with Gasteiger partial charge in [0.05, 0.1) is 0 Å². The van der Waals surface area contributed by atoms with Crippen LogP contribution in [0.5, 0.6) is 0 Å². The van der Waals surface area contributed by atoms with E-state index < -0.39 is 11.8 Å². The van der Waals surface area contributed by atoms with Crippen molar-refractivity contribution in [3.05, 3.63) is 24.5 Å². The van der Waals surface area contributed by atoms with Gasteiger partial charge >= 0.3 is 6.16 Å². The average Bonchev–Trinajstić information content (AvgIpc) is 2.34. The van der Waals surface area contributed by atoms with Crippen LogP contribution in [0.3, 0.4) is 0 Å². The van der Waals surface area contributed by atoms with Gasteiger partial charge in [0.1, 0.15) is 5.60 Å². The Morgan fingerprint density at radius 1 is 1.23 bits per heavy atom. The first-order chi connectivity index (χ1) is 5.97. The van der Waals surface area contributed by atoms with Gasteiger partial charge in [-0.2, -0.15) is 4.73 Å². The lowest BCUT2D eigenvalue weighted by atomic mass is 10.2. The number of nitrogens with zero attached hydrogens (tertiary/aromatic N) is 1. The standard InChI is InChI=1S/C9H13NO3/c1-9(2,3)12-8(11)13-10-6-4-5-7-10/h4-7H,1-3H3. The number of carbonyl (C=O) groups is 1. The minimum atomic E-state index is -0.705. The molecule has 13 heavy (non-hydrogen) atoms. The zero-order valence-corrected chi connectivity index (χ0v) is 7.98. The summed E-state index contributed by atoms with van der Waals surface area (Å²) in [5, 5.41) is 0. The molecule has 1 heterocycles. The molecule has 72 valence electrons. The molecule has 1 rings (SSSR count). The van der Waals surface area contributed by atoms with Crippen LogP contribution >= 0.6 is 0 Å². The summed E-state index contributed by atoms with van der Waals surface area (Å²) in [5.41, 5.74) is -0.524. The van der Waals surface area contributed by atoms with E-state index in [1.165, 1.54) is 4.73 Å². The van der Waals surface area contributed by atoms with E-state index in [4.69, 9.17) is 9.57 Å². The van der Waals surface area contributed by atoms with Crippen LogP contribution in [-0.4, -0.2) is 16.5 Å². The normalized spacial score (nSPS) is 11.0. The van der Waals surface area contributed by atoms with Crippen LogP contribution < -0.4 is 4.84 Å². The summed E-state index contributed by atoms with van der Waals surface area (Å²) in [6.45, 7) is 5.35. The van der Waals surface area contributed by atoms with Crippen molar-refractivity contribution in [1.82, 2.24) is 4.73 Å². The van der Waals surface area contributed by atoms with Crippen molar-refractivity contribution in [1.29, 1.82) is 0 Å². The van der Waals surface area contributed by atoms with E-state index in [1.54, 1.807) is 45.3 Å². The largest absolute Gasteiger partial charge is 0.534 e. The molecule has 0 amide bonds. The topological polar surface area (TPSA) is 40.5 Å². The van der Waals surface area contributed by atoms with Gasteiger partial charge < -0.3 is 9.57 Å². The molecule has 0 saturated carbocycles. The van der Waals surface area contributed by atoms with Crippen molar-refractivity contribution in [3.63, 3.8) is 0 Å². The zero-order chi connectivity index (χ0) is 9.90. The summed E-state index contributed by atoms with van der Waals surface area (Å²) in [7, 11) is 0. The SMILES string of the molecule is CC(C)(C)OC(=O)On1cccc1. The third kappa shape index (κ3) is 3.64. The molecule has 1 aromatic rings. The van der Waals surface area contributed by atoms with Crippen LogP contribution in [0.25, 0.3) is 0 Å². The third-order valence-electron chi connectivity index (χ3n) is 1.15. The molecule has 0 aliphatic rings. The molecule has 4 heteroatoms. The minimum absolute atomic E-state index is 0.524. The highest BCUT2D eigenvalue weighted by Gasteiger charge is 2.17. The Morgan fingerprint density at radius 2 is 1.77 bits per heavy atom. The van der Waals surface area contributed by atoms with E-state index in [0.717, 1.165) is 0 Å². The van der Waals surface area contributed by atoms with Gasteiger partial charge in [-0.25, -0.2) is 4.79 Å². The number of aromatic nitrogens is 1. The van der Waals surface area contributed by atoms with Crippen molar-refractivity contribution >= 4 is 6.16 Å². The fraction of sp³-hybridized carbons (Fsp3) is 0.444. The van der Waals surface area contributed by atoms with Crippen molar-refractivity contribution in [2.24, 2.45) is 0 Å². The first-order valence-electron chi connectivity index (χ1n) is 4.02. The van der Waals surface area contributed by atoms with Gasteiger partial charge in [-0.05, 0) is 32.9 Å².